The fourth-order valence-corrected chi connectivity index (χ4v) is 2.13. The zero-order chi connectivity index (χ0) is 17.2. The topological polar surface area (TPSA) is 76.1 Å². The number of nitrogens with zero attached hydrogens (tertiary/aromatic N) is 2. The molecule has 0 aliphatic heterocycles. The van der Waals surface area contributed by atoms with Crippen LogP contribution in [0, 0.1) is 0 Å². The van der Waals surface area contributed by atoms with Crippen LogP contribution in [0.2, 0.25) is 0 Å². The molecule has 6 heteroatoms. The summed E-state index contributed by atoms with van der Waals surface area (Å²) >= 11 is 0. The third kappa shape index (κ3) is 5.31. The Hall–Kier alpha value is -2.47. The number of methoxy groups -OCH3 is 1. The molecule has 0 saturated carbocycles. The minimum atomic E-state index is -0.203. The maximum Gasteiger partial charge on any atom is 0.270 e. The number of hydrogen-bond acceptors (Lipinski definition) is 5. The lowest BCUT2D eigenvalue weighted by molar-refractivity contribution is 0.0943. The Morgan fingerprint density at radius 3 is 2.67 bits per heavy atom. The number of ether oxygens (including phenoxy) is 1. The van der Waals surface area contributed by atoms with E-state index in [1.807, 2.05) is 30.3 Å². The molecular formula is C18H24N4O2. The van der Waals surface area contributed by atoms with Crippen LogP contribution in [0.15, 0.2) is 36.4 Å². The quantitative estimate of drug-likeness (QED) is 0.692. The van der Waals surface area contributed by atoms with E-state index in [0.717, 1.165) is 24.9 Å². The summed E-state index contributed by atoms with van der Waals surface area (Å²) in [6.07, 6.45) is 1.74. The molecule has 1 heterocycles. The normalized spacial score (nSPS) is 10.4. The highest BCUT2D eigenvalue weighted by Gasteiger charge is 2.12. The highest BCUT2D eigenvalue weighted by molar-refractivity contribution is 5.93. The van der Waals surface area contributed by atoms with Crippen molar-refractivity contribution in [1.29, 1.82) is 0 Å². The summed E-state index contributed by atoms with van der Waals surface area (Å²) in [6.45, 7) is 4.04. The maximum atomic E-state index is 12.3. The lowest BCUT2D eigenvalue weighted by Crippen LogP contribution is -2.26. The van der Waals surface area contributed by atoms with Crippen LogP contribution in [0.3, 0.4) is 0 Å². The Balaban J connectivity index is 2.21. The number of carbonyl (C=O) groups is 1. The minimum absolute atomic E-state index is 0.203. The monoisotopic (exact) mass is 328 g/mol. The van der Waals surface area contributed by atoms with Gasteiger partial charge in [0.05, 0.1) is 0 Å². The first-order chi connectivity index (χ1) is 11.7. The number of benzene rings is 1. The van der Waals surface area contributed by atoms with Crippen LogP contribution >= 0.6 is 0 Å². The zero-order valence-electron chi connectivity index (χ0n) is 14.2. The molecule has 0 spiro atoms. The predicted octanol–water partition coefficient (Wildman–Crippen LogP) is 2.73. The smallest absolute Gasteiger partial charge is 0.270 e. The molecule has 24 heavy (non-hydrogen) atoms. The van der Waals surface area contributed by atoms with Gasteiger partial charge in [-0.25, -0.2) is 9.97 Å². The van der Waals surface area contributed by atoms with Gasteiger partial charge in [0.2, 0.25) is 0 Å². The molecule has 0 aliphatic rings. The molecule has 2 N–H and O–H groups in total. The van der Waals surface area contributed by atoms with Gasteiger partial charge in [0.15, 0.2) is 5.82 Å². The van der Waals surface area contributed by atoms with Gasteiger partial charge < -0.3 is 15.4 Å². The molecule has 0 fully saturated rings. The van der Waals surface area contributed by atoms with E-state index in [4.69, 9.17) is 4.74 Å². The molecule has 0 radical (unpaired) electrons. The fraction of sp³-hybridized carbons (Fsp3) is 0.389. The van der Waals surface area contributed by atoms with Gasteiger partial charge in [-0.1, -0.05) is 37.3 Å². The summed E-state index contributed by atoms with van der Waals surface area (Å²) in [5, 5.41) is 6.08. The number of carbonyl (C=O) groups excluding carboxylic acids is 1. The van der Waals surface area contributed by atoms with Crippen molar-refractivity contribution in [3.63, 3.8) is 0 Å². The van der Waals surface area contributed by atoms with Gasteiger partial charge >= 0.3 is 0 Å². The molecule has 6 nitrogen and oxygen atoms in total. The molecule has 1 amide bonds. The molecule has 1 aromatic carbocycles. The van der Waals surface area contributed by atoms with E-state index >= 15 is 0 Å². The van der Waals surface area contributed by atoms with Crippen LogP contribution in [-0.2, 0) is 4.74 Å². The summed E-state index contributed by atoms with van der Waals surface area (Å²) < 4.78 is 4.98. The van der Waals surface area contributed by atoms with Crippen molar-refractivity contribution < 1.29 is 9.53 Å². The van der Waals surface area contributed by atoms with E-state index in [9.17, 15) is 4.79 Å². The fourth-order valence-electron chi connectivity index (χ4n) is 2.13. The SMILES string of the molecule is CCCNc1cc(C(=O)NCCCOC)nc(-c2ccccc2)n1. The molecule has 128 valence electrons. The number of anilines is 1. The number of hydrogen-bond donors (Lipinski definition) is 2. The second kappa shape index (κ2) is 9.62. The Morgan fingerprint density at radius 2 is 1.96 bits per heavy atom. The number of rotatable bonds is 9. The summed E-state index contributed by atoms with van der Waals surface area (Å²) in [4.78, 5) is 21.3. The van der Waals surface area contributed by atoms with Crippen molar-refractivity contribution in [3.8, 4) is 11.4 Å². The highest BCUT2D eigenvalue weighted by Crippen LogP contribution is 2.17. The second-order valence-electron chi connectivity index (χ2n) is 5.36. The van der Waals surface area contributed by atoms with Crippen molar-refractivity contribution in [1.82, 2.24) is 15.3 Å². The van der Waals surface area contributed by atoms with E-state index in [1.165, 1.54) is 0 Å². The predicted molar refractivity (Wildman–Crippen MR) is 95.1 cm³/mol. The number of nitrogens with one attached hydrogen (secondary N) is 2. The maximum absolute atomic E-state index is 12.3. The van der Waals surface area contributed by atoms with Gasteiger partial charge in [-0.3, -0.25) is 4.79 Å². The first kappa shape index (κ1) is 17.9. The van der Waals surface area contributed by atoms with Gasteiger partial charge in [-0.05, 0) is 12.8 Å². The van der Waals surface area contributed by atoms with E-state index in [0.29, 0.717) is 30.5 Å². The molecule has 0 unspecified atom stereocenters. The first-order valence-electron chi connectivity index (χ1n) is 8.20. The highest BCUT2D eigenvalue weighted by atomic mass is 16.5. The minimum Gasteiger partial charge on any atom is -0.385 e. The molecule has 2 rings (SSSR count). The lowest BCUT2D eigenvalue weighted by Gasteiger charge is -2.10. The van der Waals surface area contributed by atoms with E-state index < -0.39 is 0 Å². The van der Waals surface area contributed by atoms with Gasteiger partial charge in [0.1, 0.15) is 11.5 Å². The van der Waals surface area contributed by atoms with Crippen LogP contribution < -0.4 is 10.6 Å². The van der Waals surface area contributed by atoms with Gasteiger partial charge in [-0.2, -0.15) is 0 Å². The molecular weight excluding hydrogens is 304 g/mol. The van der Waals surface area contributed by atoms with Crippen molar-refractivity contribution >= 4 is 11.7 Å². The van der Waals surface area contributed by atoms with Crippen molar-refractivity contribution in [3.05, 3.63) is 42.1 Å². The Kier molecular flexibility index (Phi) is 7.17. The third-order valence-corrected chi connectivity index (χ3v) is 3.36. The summed E-state index contributed by atoms with van der Waals surface area (Å²) in [5.74, 6) is 0.997. The standard InChI is InChI=1S/C18H24N4O2/c1-3-10-19-16-13-15(18(23)20-11-7-12-24-2)21-17(22-16)14-8-5-4-6-9-14/h4-6,8-9,13H,3,7,10-12H2,1-2H3,(H,20,23)(H,19,21,22). The van der Waals surface area contributed by atoms with Gasteiger partial charge in [0, 0.05) is 38.4 Å². The van der Waals surface area contributed by atoms with Crippen LogP contribution in [0.4, 0.5) is 5.82 Å². The van der Waals surface area contributed by atoms with Crippen LogP contribution in [0.25, 0.3) is 11.4 Å². The van der Waals surface area contributed by atoms with E-state index in [1.54, 1.807) is 13.2 Å². The molecule has 0 saturated heterocycles. The summed E-state index contributed by atoms with van der Waals surface area (Å²) in [5.41, 5.74) is 1.24. The van der Waals surface area contributed by atoms with Crippen molar-refractivity contribution in [2.75, 3.05) is 32.1 Å². The van der Waals surface area contributed by atoms with Crippen LogP contribution in [-0.4, -0.2) is 42.7 Å². The Bertz CT molecular complexity index is 647. The zero-order valence-corrected chi connectivity index (χ0v) is 14.2. The van der Waals surface area contributed by atoms with Crippen molar-refractivity contribution in [2.45, 2.75) is 19.8 Å². The van der Waals surface area contributed by atoms with Gasteiger partial charge in [0.25, 0.3) is 5.91 Å². The van der Waals surface area contributed by atoms with E-state index in [-0.39, 0.29) is 5.91 Å². The molecule has 0 aliphatic carbocycles. The Labute approximate surface area is 142 Å². The first-order valence-corrected chi connectivity index (χ1v) is 8.20. The van der Waals surface area contributed by atoms with E-state index in [2.05, 4.69) is 27.5 Å². The lowest BCUT2D eigenvalue weighted by atomic mass is 10.2. The number of amides is 1. The summed E-state index contributed by atoms with van der Waals surface area (Å²) in [6, 6.07) is 11.3. The second-order valence-corrected chi connectivity index (χ2v) is 5.36. The average molecular weight is 328 g/mol. The molecule has 2 aromatic rings. The molecule has 0 atom stereocenters. The molecule has 0 bridgehead atoms. The average Bonchev–Trinajstić information content (AvgIpc) is 2.64. The third-order valence-electron chi connectivity index (χ3n) is 3.36. The van der Waals surface area contributed by atoms with Crippen LogP contribution in [0.5, 0.6) is 0 Å². The van der Waals surface area contributed by atoms with Gasteiger partial charge in [-0.15, -0.1) is 0 Å². The number of aromatic nitrogens is 2. The Morgan fingerprint density at radius 1 is 1.17 bits per heavy atom. The van der Waals surface area contributed by atoms with Crippen molar-refractivity contribution in [2.24, 2.45) is 0 Å². The van der Waals surface area contributed by atoms with Crippen LogP contribution in [0.1, 0.15) is 30.3 Å². The largest absolute Gasteiger partial charge is 0.385 e. The molecule has 1 aromatic heterocycles. The summed E-state index contributed by atoms with van der Waals surface area (Å²) in [7, 11) is 1.64.